The number of anilines is 1. The maximum absolute atomic E-state index is 15.3. The molecule has 0 saturated carbocycles. The van der Waals surface area contributed by atoms with Crippen molar-refractivity contribution in [2.45, 2.75) is 4.90 Å². The van der Waals surface area contributed by atoms with Crippen molar-refractivity contribution in [2.24, 2.45) is 0 Å². The maximum atomic E-state index is 15.3. The van der Waals surface area contributed by atoms with Gasteiger partial charge in [-0.05, 0) is 42.5 Å². The molecule has 180 valence electrons. The van der Waals surface area contributed by atoms with Gasteiger partial charge in [0.15, 0.2) is 5.82 Å². The molecule has 0 amide bonds. The number of sulfonamides is 1. The summed E-state index contributed by atoms with van der Waals surface area (Å²) in [4.78, 5) is 23.9. The van der Waals surface area contributed by atoms with Crippen molar-refractivity contribution in [3.8, 4) is 11.1 Å². The summed E-state index contributed by atoms with van der Waals surface area (Å²) in [6, 6.07) is 10.8. The van der Waals surface area contributed by atoms with Crippen LogP contribution < -0.4 is 4.72 Å². The zero-order valence-electron chi connectivity index (χ0n) is 18.2. The zero-order valence-corrected chi connectivity index (χ0v) is 19.0. The molecule has 0 aliphatic heterocycles. The van der Waals surface area contributed by atoms with Crippen LogP contribution in [0.4, 0.5) is 18.9 Å². The number of aromatic amines is 1. The van der Waals surface area contributed by atoms with Crippen LogP contribution in [0.5, 0.6) is 0 Å². The molecule has 2 N–H and O–H groups in total. The summed E-state index contributed by atoms with van der Waals surface area (Å²) < 4.78 is 70.7. The van der Waals surface area contributed by atoms with Gasteiger partial charge in [-0.1, -0.05) is 12.1 Å². The van der Waals surface area contributed by atoms with E-state index in [9.17, 15) is 22.0 Å². The Morgan fingerprint density at radius 2 is 1.78 bits per heavy atom. The number of carbonyl (C=O) groups is 1. The fourth-order valence-electron chi connectivity index (χ4n) is 3.69. The minimum absolute atomic E-state index is 0.0637. The topological polar surface area (TPSA) is 105 Å². The minimum atomic E-state index is -4.42. The highest BCUT2D eigenvalue weighted by Crippen LogP contribution is 2.30. The third kappa shape index (κ3) is 4.20. The van der Waals surface area contributed by atoms with Crippen LogP contribution in [0, 0.1) is 17.5 Å². The summed E-state index contributed by atoms with van der Waals surface area (Å²) in [6.07, 6.45) is 6.04. The SMILES string of the molecule is O=C(c1c(F)ccc(NS(=O)(=O)c2cccc(F)c2)c1F)c1c[nH]c2ncc(-c3cccnc3)cc12. The van der Waals surface area contributed by atoms with Crippen LogP contribution in [0.1, 0.15) is 15.9 Å². The first-order chi connectivity index (χ1) is 17.2. The molecule has 0 aliphatic rings. The number of fused-ring (bicyclic) bond motifs is 1. The molecule has 3 aromatic heterocycles. The molecule has 7 nitrogen and oxygen atoms in total. The summed E-state index contributed by atoms with van der Waals surface area (Å²) in [5.74, 6) is -4.43. The van der Waals surface area contributed by atoms with Gasteiger partial charge >= 0.3 is 0 Å². The average molecular weight is 508 g/mol. The molecule has 2 aromatic carbocycles. The van der Waals surface area contributed by atoms with Crippen LogP contribution in [0.25, 0.3) is 22.2 Å². The Morgan fingerprint density at radius 1 is 0.944 bits per heavy atom. The van der Waals surface area contributed by atoms with Gasteiger partial charge in [0.25, 0.3) is 10.0 Å². The highest BCUT2D eigenvalue weighted by atomic mass is 32.2. The number of nitrogens with zero attached hydrogens (tertiary/aromatic N) is 2. The van der Waals surface area contributed by atoms with Gasteiger partial charge in [0.1, 0.15) is 17.3 Å². The van der Waals surface area contributed by atoms with Crippen LogP contribution in [0.15, 0.2) is 84.3 Å². The van der Waals surface area contributed by atoms with E-state index in [1.54, 1.807) is 36.8 Å². The molecule has 0 spiro atoms. The Hall–Kier alpha value is -4.51. The highest BCUT2D eigenvalue weighted by molar-refractivity contribution is 7.92. The second-order valence-electron chi connectivity index (χ2n) is 7.74. The monoisotopic (exact) mass is 508 g/mol. The number of hydrogen-bond donors (Lipinski definition) is 2. The number of carbonyl (C=O) groups excluding carboxylic acids is 1. The number of hydrogen-bond acceptors (Lipinski definition) is 5. The van der Waals surface area contributed by atoms with Crippen molar-refractivity contribution < 1.29 is 26.4 Å². The number of H-pyrrole nitrogens is 1. The summed E-state index contributed by atoms with van der Waals surface area (Å²) in [5, 5.41) is 0.311. The molecular formula is C25H15F3N4O3S. The first kappa shape index (κ1) is 23.2. The normalized spacial score (nSPS) is 11.5. The van der Waals surface area contributed by atoms with E-state index in [1.807, 2.05) is 4.72 Å². The number of pyridine rings is 2. The fourth-order valence-corrected chi connectivity index (χ4v) is 4.79. The van der Waals surface area contributed by atoms with E-state index in [-0.39, 0.29) is 5.56 Å². The Kier molecular flexibility index (Phi) is 5.77. The maximum Gasteiger partial charge on any atom is 0.262 e. The molecule has 11 heteroatoms. The Bertz CT molecular complexity index is 1740. The summed E-state index contributed by atoms with van der Waals surface area (Å²) >= 11 is 0. The van der Waals surface area contributed by atoms with Gasteiger partial charge in [-0.25, -0.2) is 26.6 Å². The van der Waals surface area contributed by atoms with E-state index in [1.165, 1.54) is 12.3 Å². The number of benzene rings is 2. The molecular weight excluding hydrogens is 493 g/mol. The highest BCUT2D eigenvalue weighted by Gasteiger charge is 2.26. The number of halogens is 3. The van der Waals surface area contributed by atoms with Crippen LogP contribution >= 0.6 is 0 Å². The van der Waals surface area contributed by atoms with E-state index in [0.717, 1.165) is 35.9 Å². The Labute approximate surface area is 202 Å². The molecule has 0 saturated heterocycles. The van der Waals surface area contributed by atoms with E-state index < -0.39 is 49.4 Å². The van der Waals surface area contributed by atoms with Crippen LogP contribution in [-0.2, 0) is 10.0 Å². The second kappa shape index (κ2) is 8.93. The molecule has 0 bridgehead atoms. The van der Waals surface area contributed by atoms with E-state index in [2.05, 4.69) is 15.0 Å². The summed E-state index contributed by atoms with van der Waals surface area (Å²) in [7, 11) is -4.42. The van der Waals surface area contributed by atoms with Gasteiger partial charge < -0.3 is 4.98 Å². The summed E-state index contributed by atoms with van der Waals surface area (Å²) in [6.45, 7) is 0. The average Bonchev–Trinajstić information content (AvgIpc) is 3.30. The predicted molar refractivity (Wildman–Crippen MR) is 126 cm³/mol. The predicted octanol–water partition coefficient (Wildman–Crippen LogP) is 5.07. The Morgan fingerprint density at radius 3 is 2.53 bits per heavy atom. The van der Waals surface area contributed by atoms with E-state index in [4.69, 9.17) is 0 Å². The molecule has 0 atom stereocenters. The van der Waals surface area contributed by atoms with Crippen molar-refractivity contribution in [1.82, 2.24) is 15.0 Å². The van der Waals surface area contributed by atoms with Gasteiger partial charge in [0, 0.05) is 46.9 Å². The quantitative estimate of drug-likeness (QED) is 0.312. The third-order valence-electron chi connectivity index (χ3n) is 5.44. The fraction of sp³-hybridized carbons (Fsp3) is 0. The molecule has 36 heavy (non-hydrogen) atoms. The minimum Gasteiger partial charge on any atom is -0.345 e. The molecule has 3 heterocycles. The van der Waals surface area contributed by atoms with Crippen LogP contribution in [-0.4, -0.2) is 29.2 Å². The lowest BCUT2D eigenvalue weighted by Gasteiger charge is -2.12. The number of ketones is 1. The van der Waals surface area contributed by atoms with Crippen molar-refractivity contribution in [3.05, 3.63) is 108 Å². The van der Waals surface area contributed by atoms with Crippen LogP contribution in [0.3, 0.4) is 0 Å². The number of nitrogens with one attached hydrogen (secondary N) is 2. The van der Waals surface area contributed by atoms with Crippen molar-refractivity contribution in [1.29, 1.82) is 0 Å². The number of aromatic nitrogens is 3. The molecule has 5 aromatic rings. The third-order valence-corrected chi connectivity index (χ3v) is 6.80. The lowest BCUT2D eigenvalue weighted by molar-refractivity contribution is 0.103. The molecule has 0 aliphatic carbocycles. The van der Waals surface area contributed by atoms with Crippen LogP contribution in [0.2, 0.25) is 0 Å². The molecule has 0 unspecified atom stereocenters. The summed E-state index contributed by atoms with van der Waals surface area (Å²) in [5.41, 5.74) is -0.0273. The zero-order chi connectivity index (χ0) is 25.4. The number of rotatable bonds is 6. The Balaban J connectivity index is 1.55. The molecule has 5 rings (SSSR count). The molecule has 0 radical (unpaired) electrons. The lowest BCUT2D eigenvalue weighted by Crippen LogP contribution is -2.16. The van der Waals surface area contributed by atoms with Gasteiger partial charge in [-0.2, -0.15) is 0 Å². The van der Waals surface area contributed by atoms with E-state index >= 15 is 4.39 Å². The standard InChI is InChI=1S/C25H15F3N4O3S/c26-16-4-1-5-17(10-16)36(34,35)32-21-7-6-20(27)22(23(21)28)24(33)19-13-31-25-18(19)9-15(12-30-25)14-3-2-8-29-11-14/h1-13,32H,(H,30,31). The van der Waals surface area contributed by atoms with Crippen molar-refractivity contribution >= 4 is 32.5 Å². The van der Waals surface area contributed by atoms with Gasteiger partial charge in [-0.3, -0.25) is 14.5 Å². The lowest BCUT2D eigenvalue weighted by atomic mass is 10.00. The van der Waals surface area contributed by atoms with Gasteiger partial charge in [0.2, 0.25) is 5.78 Å². The first-order valence-corrected chi connectivity index (χ1v) is 11.9. The first-order valence-electron chi connectivity index (χ1n) is 10.4. The van der Waals surface area contributed by atoms with Crippen molar-refractivity contribution in [2.75, 3.05) is 4.72 Å². The second-order valence-corrected chi connectivity index (χ2v) is 9.42. The van der Waals surface area contributed by atoms with E-state index in [0.29, 0.717) is 16.6 Å². The molecule has 0 fully saturated rings. The van der Waals surface area contributed by atoms with Crippen molar-refractivity contribution in [3.63, 3.8) is 0 Å². The largest absolute Gasteiger partial charge is 0.345 e. The van der Waals surface area contributed by atoms with Gasteiger partial charge in [0.05, 0.1) is 16.1 Å². The smallest absolute Gasteiger partial charge is 0.262 e. The van der Waals surface area contributed by atoms with Gasteiger partial charge in [-0.15, -0.1) is 0 Å².